The lowest BCUT2D eigenvalue weighted by Crippen LogP contribution is -2.34. The highest BCUT2D eigenvalue weighted by Gasteiger charge is 2.32. The van der Waals surface area contributed by atoms with Crippen molar-refractivity contribution >= 4 is 11.7 Å². The van der Waals surface area contributed by atoms with Crippen LogP contribution in [0.3, 0.4) is 0 Å². The van der Waals surface area contributed by atoms with Crippen LogP contribution < -0.4 is 14.8 Å². The molecular weight excluding hydrogens is 376 g/mol. The number of nitrogens with zero attached hydrogens (tertiary/aromatic N) is 1. The van der Waals surface area contributed by atoms with Gasteiger partial charge in [0.2, 0.25) is 0 Å². The van der Waals surface area contributed by atoms with E-state index in [4.69, 9.17) is 9.47 Å². The summed E-state index contributed by atoms with van der Waals surface area (Å²) in [6.07, 6.45) is 1.83. The van der Waals surface area contributed by atoms with Crippen molar-refractivity contribution in [2.24, 2.45) is 0 Å². The number of urea groups is 1. The molecule has 0 aliphatic carbocycles. The zero-order chi connectivity index (χ0) is 20.9. The van der Waals surface area contributed by atoms with Crippen molar-refractivity contribution in [1.29, 1.82) is 0 Å². The molecule has 3 aromatic carbocycles. The van der Waals surface area contributed by atoms with Crippen LogP contribution >= 0.6 is 0 Å². The fourth-order valence-corrected chi connectivity index (χ4v) is 4.08. The molecule has 5 nitrogen and oxygen atoms in total. The first-order valence-corrected chi connectivity index (χ1v) is 10.1. The Morgan fingerprint density at radius 1 is 0.967 bits per heavy atom. The second-order valence-electron chi connectivity index (χ2n) is 7.30. The van der Waals surface area contributed by atoms with Crippen LogP contribution in [-0.2, 0) is 0 Å². The lowest BCUT2D eigenvalue weighted by Gasteiger charge is -2.27. The number of rotatable bonds is 5. The zero-order valence-electron chi connectivity index (χ0n) is 17.3. The normalized spacial score (nSPS) is 15.7. The first-order valence-electron chi connectivity index (χ1n) is 10.1. The molecule has 1 N–H and O–H groups in total. The highest BCUT2D eigenvalue weighted by Crippen LogP contribution is 2.39. The van der Waals surface area contributed by atoms with E-state index in [0.29, 0.717) is 6.54 Å². The quantitative estimate of drug-likeness (QED) is 0.592. The van der Waals surface area contributed by atoms with Gasteiger partial charge < -0.3 is 19.7 Å². The van der Waals surface area contributed by atoms with Gasteiger partial charge in [-0.25, -0.2) is 4.79 Å². The highest BCUT2D eigenvalue weighted by atomic mass is 16.5. The minimum Gasteiger partial charge on any atom is -0.497 e. The van der Waals surface area contributed by atoms with E-state index in [1.165, 1.54) is 0 Å². The van der Waals surface area contributed by atoms with E-state index in [1.54, 1.807) is 14.2 Å². The number of hydrogen-bond donors (Lipinski definition) is 1. The number of carbonyl (C=O) groups is 1. The van der Waals surface area contributed by atoms with Crippen molar-refractivity contribution in [2.75, 3.05) is 26.1 Å². The summed E-state index contributed by atoms with van der Waals surface area (Å²) in [5.74, 6) is 1.53. The van der Waals surface area contributed by atoms with Gasteiger partial charge in [-0.2, -0.15) is 0 Å². The summed E-state index contributed by atoms with van der Waals surface area (Å²) in [6.45, 7) is 0.699. The van der Waals surface area contributed by atoms with Gasteiger partial charge in [0.25, 0.3) is 0 Å². The number of methoxy groups -OCH3 is 2. The van der Waals surface area contributed by atoms with Gasteiger partial charge >= 0.3 is 6.03 Å². The van der Waals surface area contributed by atoms with Gasteiger partial charge in [0.1, 0.15) is 11.5 Å². The Bertz CT molecular complexity index is 1020. The highest BCUT2D eigenvalue weighted by molar-refractivity contribution is 5.94. The van der Waals surface area contributed by atoms with Gasteiger partial charge in [-0.1, -0.05) is 48.5 Å². The topological polar surface area (TPSA) is 50.8 Å². The first kappa shape index (κ1) is 19.8. The van der Waals surface area contributed by atoms with E-state index in [0.717, 1.165) is 46.7 Å². The molecule has 1 aliphatic heterocycles. The molecule has 1 atom stereocenters. The standard InChI is InChI=1S/C25H26N2O3/c1-29-19-14-15-24(30-2)21(17-19)23-13-8-16-27(23)25(28)26-22-12-7-6-11-20(22)18-9-4-3-5-10-18/h3-7,9-12,14-15,17,23H,8,13,16H2,1-2H3,(H,26,28). The maximum absolute atomic E-state index is 13.3. The van der Waals surface area contributed by atoms with Crippen molar-refractivity contribution in [1.82, 2.24) is 4.90 Å². The summed E-state index contributed by atoms with van der Waals surface area (Å²) >= 11 is 0. The summed E-state index contributed by atoms with van der Waals surface area (Å²) in [7, 11) is 3.30. The van der Waals surface area contributed by atoms with E-state index < -0.39 is 0 Å². The largest absolute Gasteiger partial charge is 0.497 e. The van der Waals surface area contributed by atoms with Crippen LogP contribution in [0.4, 0.5) is 10.5 Å². The van der Waals surface area contributed by atoms with E-state index in [-0.39, 0.29) is 12.1 Å². The third-order valence-electron chi connectivity index (χ3n) is 5.56. The minimum absolute atomic E-state index is 0.0565. The van der Waals surface area contributed by atoms with Gasteiger partial charge in [-0.05, 0) is 42.7 Å². The molecule has 154 valence electrons. The maximum atomic E-state index is 13.3. The van der Waals surface area contributed by atoms with Gasteiger partial charge in [0, 0.05) is 17.7 Å². The van der Waals surface area contributed by atoms with Crippen LogP contribution in [0.2, 0.25) is 0 Å². The summed E-state index contributed by atoms with van der Waals surface area (Å²) < 4.78 is 11.0. The van der Waals surface area contributed by atoms with Crippen molar-refractivity contribution in [3.05, 3.63) is 78.4 Å². The average Bonchev–Trinajstić information content (AvgIpc) is 3.29. The Balaban J connectivity index is 1.61. The Labute approximate surface area is 177 Å². The van der Waals surface area contributed by atoms with Crippen molar-refractivity contribution in [3.63, 3.8) is 0 Å². The number of nitrogens with one attached hydrogen (secondary N) is 1. The van der Waals surface area contributed by atoms with Gasteiger partial charge in [0.15, 0.2) is 0 Å². The molecule has 5 heteroatoms. The predicted molar refractivity (Wildman–Crippen MR) is 119 cm³/mol. The number of amides is 2. The van der Waals surface area contributed by atoms with E-state index in [9.17, 15) is 4.79 Å². The number of ether oxygens (including phenoxy) is 2. The molecule has 1 fully saturated rings. The molecule has 3 aromatic rings. The summed E-state index contributed by atoms with van der Waals surface area (Å²) in [5.41, 5.74) is 3.85. The van der Waals surface area contributed by atoms with Crippen LogP contribution in [0.1, 0.15) is 24.4 Å². The minimum atomic E-state index is -0.106. The van der Waals surface area contributed by atoms with Gasteiger partial charge in [-0.15, -0.1) is 0 Å². The maximum Gasteiger partial charge on any atom is 0.322 e. The molecular formula is C25H26N2O3. The van der Waals surface area contributed by atoms with Crippen LogP contribution in [-0.4, -0.2) is 31.7 Å². The lowest BCUT2D eigenvalue weighted by molar-refractivity contribution is 0.206. The summed E-state index contributed by atoms with van der Waals surface area (Å²) in [5, 5.41) is 3.13. The predicted octanol–water partition coefficient (Wildman–Crippen LogP) is 5.74. The number of likely N-dealkylation sites (tertiary alicyclic amines) is 1. The smallest absolute Gasteiger partial charge is 0.322 e. The number of carbonyl (C=O) groups excluding carboxylic acids is 1. The Kier molecular flexibility index (Phi) is 5.89. The van der Waals surface area contributed by atoms with E-state index in [2.05, 4.69) is 5.32 Å². The molecule has 1 unspecified atom stereocenters. The molecule has 0 spiro atoms. The molecule has 1 saturated heterocycles. The molecule has 30 heavy (non-hydrogen) atoms. The Morgan fingerprint density at radius 2 is 1.73 bits per heavy atom. The average molecular weight is 402 g/mol. The van der Waals surface area contributed by atoms with Crippen LogP contribution in [0.5, 0.6) is 11.5 Å². The molecule has 0 aromatic heterocycles. The van der Waals surface area contributed by atoms with Gasteiger partial charge in [-0.3, -0.25) is 0 Å². The van der Waals surface area contributed by atoms with Crippen LogP contribution in [0, 0.1) is 0 Å². The molecule has 0 saturated carbocycles. The fourth-order valence-electron chi connectivity index (χ4n) is 4.08. The lowest BCUT2D eigenvalue weighted by atomic mass is 10.0. The van der Waals surface area contributed by atoms with Crippen molar-refractivity contribution in [3.8, 4) is 22.6 Å². The molecule has 0 radical (unpaired) electrons. The van der Waals surface area contributed by atoms with Crippen molar-refractivity contribution < 1.29 is 14.3 Å². The van der Waals surface area contributed by atoms with Gasteiger partial charge in [0.05, 0.1) is 25.9 Å². The molecule has 0 bridgehead atoms. The first-order chi connectivity index (χ1) is 14.7. The third-order valence-corrected chi connectivity index (χ3v) is 5.56. The van der Waals surface area contributed by atoms with E-state index in [1.807, 2.05) is 77.7 Å². The third kappa shape index (κ3) is 3.96. The summed E-state index contributed by atoms with van der Waals surface area (Å²) in [4.78, 5) is 15.2. The zero-order valence-corrected chi connectivity index (χ0v) is 17.3. The monoisotopic (exact) mass is 402 g/mol. The fraction of sp³-hybridized carbons (Fsp3) is 0.240. The van der Waals surface area contributed by atoms with Crippen molar-refractivity contribution in [2.45, 2.75) is 18.9 Å². The molecule has 1 heterocycles. The molecule has 4 rings (SSSR count). The summed E-state index contributed by atoms with van der Waals surface area (Å²) in [6, 6.07) is 23.5. The van der Waals surface area contributed by atoms with E-state index >= 15 is 0 Å². The second-order valence-corrected chi connectivity index (χ2v) is 7.30. The Hall–Kier alpha value is -3.47. The number of anilines is 1. The molecule has 1 aliphatic rings. The van der Waals surface area contributed by atoms with Crippen LogP contribution in [0.25, 0.3) is 11.1 Å². The SMILES string of the molecule is COc1ccc(OC)c(C2CCCN2C(=O)Nc2ccccc2-c2ccccc2)c1. The second kappa shape index (κ2) is 8.91. The number of benzene rings is 3. The number of para-hydroxylation sites is 1. The number of hydrogen-bond acceptors (Lipinski definition) is 3. The Morgan fingerprint density at radius 3 is 2.50 bits per heavy atom. The molecule has 2 amide bonds. The van der Waals surface area contributed by atoms with Crippen LogP contribution in [0.15, 0.2) is 72.8 Å².